The van der Waals surface area contributed by atoms with E-state index in [1.807, 2.05) is 47.2 Å². The van der Waals surface area contributed by atoms with Crippen LogP contribution in [0.3, 0.4) is 0 Å². The van der Waals surface area contributed by atoms with Crippen molar-refractivity contribution in [3.8, 4) is 22.6 Å². The Kier molecular flexibility index (Phi) is 2.57. The van der Waals surface area contributed by atoms with Crippen molar-refractivity contribution in [3.05, 3.63) is 67.3 Å². The topological polar surface area (TPSA) is 38.0 Å². The van der Waals surface area contributed by atoms with Crippen LogP contribution in [0, 0.1) is 0 Å². The minimum absolute atomic E-state index is 0.249. The van der Waals surface area contributed by atoms with Crippen LogP contribution in [-0.2, 0) is 0 Å². The molecular formula is C15H12N2O. The molecule has 0 spiro atoms. The van der Waals surface area contributed by atoms with Gasteiger partial charge in [0, 0.05) is 24.0 Å². The average Bonchev–Trinajstić information content (AvgIpc) is 2.93. The number of benzene rings is 2. The number of imidazole rings is 1. The van der Waals surface area contributed by atoms with Gasteiger partial charge in [-0.3, -0.25) is 0 Å². The second-order valence-electron chi connectivity index (χ2n) is 4.04. The van der Waals surface area contributed by atoms with Crippen LogP contribution in [0.2, 0.25) is 0 Å². The van der Waals surface area contributed by atoms with Crippen LogP contribution < -0.4 is 0 Å². The summed E-state index contributed by atoms with van der Waals surface area (Å²) in [6.45, 7) is 0. The molecule has 1 heterocycles. The van der Waals surface area contributed by atoms with E-state index in [2.05, 4.69) is 4.98 Å². The summed E-state index contributed by atoms with van der Waals surface area (Å²) in [6.07, 6.45) is 5.31. The van der Waals surface area contributed by atoms with Crippen LogP contribution >= 0.6 is 0 Å². The summed E-state index contributed by atoms with van der Waals surface area (Å²) < 4.78 is 1.89. The van der Waals surface area contributed by atoms with E-state index in [1.54, 1.807) is 24.7 Å². The number of aromatic hydroxyl groups is 1. The Balaban J connectivity index is 2.21. The zero-order chi connectivity index (χ0) is 12.4. The number of phenolic OH excluding ortho intramolecular Hbond substituents is 1. The predicted octanol–water partition coefficient (Wildman–Crippen LogP) is 3.24. The highest BCUT2D eigenvalue weighted by Crippen LogP contribution is 2.29. The minimum atomic E-state index is 0.249. The fourth-order valence-corrected chi connectivity index (χ4v) is 2.00. The first-order valence-electron chi connectivity index (χ1n) is 5.71. The van der Waals surface area contributed by atoms with E-state index in [4.69, 9.17) is 0 Å². The van der Waals surface area contributed by atoms with Gasteiger partial charge in [-0.15, -0.1) is 0 Å². The molecule has 3 nitrogen and oxygen atoms in total. The van der Waals surface area contributed by atoms with Crippen LogP contribution in [0.5, 0.6) is 5.75 Å². The van der Waals surface area contributed by atoms with Gasteiger partial charge in [-0.1, -0.05) is 30.3 Å². The molecule has 3 heteroatoms. The lowest BCUT2D eigenvalue weighted by Gasteiger charge is -2.11. The maximum Gasteiger partial charge on any atom is 0.117 e. The van der Waals surface area contributed by atoms with Gasteiger partial charge in [0.05, 0.1) is 12.0 Å². The standard InChI is InChI=1S/C15H12N2O/c18-13-6-7-14(12-4-2-1-3-5-12)15(10-13)17-9-8-16-11-17/h1-11,18H. The lowest BCUT2D eigenvalue weighted by Crippen LogP contribution is -1.93. The van der Waals surface area contributed by atoms with Crippen molar-refractivity contribution in [2.24, 2.45) is 0 Å². The van der Waals surface area contributed by atoms with Gasteiger partial charge in [-0.25, -0.2) is 4.98 Å². The summed E-state index contributed by atoms with van der Waals surface area (Å²) in [4.78, 5) is 4.04. The third kappa shape index (κ3) is 1.86. The molecule has 0 aliphatic carbocycles. The number of aromatic nitrogens is 2. The van der Waals surface area contributed by atoms with Crippen molar-refractivity contribution >= 4 is 0 Å². The maximum atomic E-state index is 9.65. The van der Waals surface area contributed by atoms with Crippen LogP contribution in [0.25, 0.3) is 16.8 Å². The highest BCUT2D eigenvalue weighted by molar-refractivity contribution is 5.74. The molecule has 3 rings (SSSR count). The largest absolute Gasteiger partial charge is 0.508 e. The Morgan fingerprint density at radius 3 is 2.56 bits per heavy atom. The van der Waals surface area contributed by atoms with E-state index in [0.717, 1.165) is 16.8 Å². The molecule has 0 bridgehead atoms. The van der Waals surface area contributed by atoms with Gasteiger partial charge in [0.25, 0.3) is 0 Å². The fourth-order valence-electron chi connectivity index (χ4n) is 2.00. The summed E-state index contributed by atoms with van der Waals surface area (Å²) in [5.41, 5.74) is 3.09. The highest BCUT2D eigenvalue weighted by atomic mass is 16.3. The zero-order valence-electron chi connectivity index (χ0n) is 9.69. The third-order valence-electron chi connectivity index (χ3n) is 2.85. The average molecular weight is 236 g/mol. The number of phenols is 1. The van der Waals surface area contributed by atoms with E-state index in [-0.39, 0.29) is 5.75 Å². The van der Waals surface area contributed by atoms with Crippen molar-refractivity contribution in [3.63, 3.8) is 0 Å². The zero-order valence-corrected chi connectivity index (χ0v) is 9.69. The lowest BCUT2D eigenvalue weighted by atomic mass is 10.0. The molecule has 2 aromatic carbocycles. The molecule has 0 unspecified atom stereocenters. The number of hydrogen-bond donors (Lipinski definition) is 1. The first-order chi connectivity index (χ1) is 8.84. The Labute approximate surface area is 105 Å². The molecule has 0 atom stereocenters. The summed E-state index contributed by atoms with van der Waals surface area (Å²) in [5, 5.41) is 9.65. The van der Waals surface area contributed by atoms with Gasteiger partial charge in [0.1, 0.15) is 5.75 Å². The lowest BCUT2D eigenvalue weighted by molar-refractivity contribution is 0.475. The van der Waals surface area contributed by atoms with Crippen LogP contribution in [0.1, 0.15) is 0 Å². The van der Waals surface area contributed by atoms with Gasteiger partial charge < -0.3 is 9.67 Å². The second kappa shape index (κ2) is 4.37. The monoisotopic (exact) mass is 236 g/mol. The van der Waals surface area contributed by atoms with Crippen LogP contribution in [0.4, 0.5) is 0 Å². The van der Waals surface area contributed by atoms with E-state index in [1.165, 1.54) is 0 Å². The quantitative estimate of drug-likeness (QED) is 0.741. The van der Waals surface area contributed by atoms with Crippen molar-refractivity contribution in [2.75, 3.05) is 0 Å². The third-order valence-corrected chi connectivity index (χ3v) is 2.85. The van der Waals surface area contributed by atoms with Crippen molar-refractivity contribution < 1.29 is 5.11 Å². The molecule has 0 radical (unpaired) electrons. The van der Waals surface area contributed by atoms with Gasteiger partial charge in [0.15, 0.2) is 0 Å². The van der Waals surface area contributed by atoms with Gasteiger partial charge in [0.2, 0.25) is 0 Å². The molecule has 18 heavy (non-hydrogen) atoms. The van der Waals surface area contributed by atoms with E-state index >= 15 is 0 Å². The molecule has 0 amide bonds. The Morgan fingerprint density at radius 2 is 1.83 bits per heavy atom. The molecule has 1 aromatic heterocycles. The van der Waals surface area contributed by atoms with E-state index in [9.17, 15) is 5.11 Å². The summed E-state index contributed by atoms with van der Waals surface area (Å²) in [6, 6.07) is 15.4. The summed E-state index contributed by atoms with van der Waals surface area (Å²) >= 11 is 0. The van der Waals surface area contributed by atoms with Crippen molar-refractivity contribution in [1.82, 2.24) is 9.55 Å². The Hall–Kier alpha value is -2.55. The number of rotatable bonds is 2. The molecule has 0 aliphatic rings. The summed E-state index contributed by atoms with van der Waals surface area (Å²) in [5.74, 6) is 0.249. The number of nitrogens with zero attached hydrogens (tertiary/aromatic N) is 2. The van der Waals surface area contributed by atoms with E-state index in [0.29, 0.717) is 0 Å². The predicted molar refractivity (Wildman–Crippen MR) is 70.7 cm³/mol. The first kappa shape index (κ1) is 10.6. The smallest absolute Gasteiger partial charge is 0.117 e. The molecular weight excluding hydrogens is 224 g/mol. The Bertz CT molecular complexity index is 646. The first-order valence-corrected chi connectivity index (χ1v) is 5.71. The molecule has 1 N–H and O–H groups in total. The minimum Gasteiger partial charge on any atom is -0.508 e. The van der Waals surface area contributed by atoms with Crippen LogP contribution in [-0.4, -0.2) is 14.7 Å². The summed E-state index contributed by atoms with van der Waals surface area (Å²) in [7, 11) is 0. The molecule has 0 fully saturated rings. The second-order valence-corrected chi connectivity index (χ2v) is 4.04. The van der Waals surface area contributed by atoms with Gasteiger partial charge in [-0.05, 0) is 17.7 Å². The Morgan fingerprint density at radius 1 is 1.00 bits per heavy atom. The number of hydrogen-bond acceptors (Lipinski definition) is 2. The van der Waals surface area contributed by atoms with Crippen molar-refractivity contribution in [2.45, 2.75) is 0 Å². The SMILES string of the molecule is Oc1ccc(-c2ccccc2)c(-n2ccnc2)c1. The molecule has 3 aromatic rings. The molecule has 88 valence electrons. The fraction of sp³-hybridized carbons (Fsp3) is 0. The molecule has 0 saturated heterocycles. The maximum absolute atomic E-state index is 9.65. The normalized spacial score (nSPS) is 10.4. The molecule has 0 saturated carbocycles. The highest BCUT2D eigenvalue weighted by Gasteiger charge is 2.07. The molecule has 0 aliphatic heterocycles. The van der Waals surface area contributed by atoms with E-state index < -0.39 is 0 Å². The van der Waals surface area contributed by atoms with Crippen LogP contribution in [0.15, 0.2) is 67.3 Å². The van der Waals surface area contributed by atoms with Gasteiger partial charge in [-0.2, -0.15) is 0 Å². The van der Waals surface area contributed by atoms with Crippen molar-refractivity contribution in [1.29, 1.82) is 0 Å². The van der Waals surface area contributed by atoms with Gasteiger partial charge >= 0.3 is 0 Å².